The molecule has 1 nitrogen and oxygen atoms in total. The predicted molar refractivity (Wildman–Crippen MR) is 73.1 cm³/mol. The van der Waals surface area contributed by atoms with E-state index < -0.39 is 0 Å². The topological polar surface area (TPSA) is 20.2 Å². The van der Waals surface area contributed by atoms with Gasteiger partial charge in [0.05, 0.1) is 0 Å². The van der Waals surface area contributed by atoms with Crippen LogP contribution in [0.15, 0.2) is 52.3 Å². The Kier molecular flexibility index (Phi) is 3.97. The van der Waals surface area contributed by atoms with Crippen LogP contribution in [0, 0.1) is 0 Å². The minimum Gasteiger partial charge on any atom is -0.508 e. The molecule has 0 radical (unpaired) electrons. The van der Waals surface area contributed by atoms with E-state index in [1.807, 2.05) is 30.3 Å². The molecule has 0 aliphatic heterocycles. The molecule has 0 saturated heterocycles. The molecular formula is C14H13ClOS. The lowest BCUT2D eigenvalue weighted by Gasteiger charge is -2.08. The zero-order valence-corrected chi connectivity index (χ0v) is 11.1. The number of benzene rings is 2. The molecule has 88 valence electrons. The Morgan fingerprint density at radius 2 is 1.82 bits per heavy atom. The molecule has 0 saturated carbocycles. The van der Waals surface area contributed by atoms with E-state index in [4.69, 9.17) is 11.6 Å². The van der Waals surface area contributed by atoms with Gasteiger partial charge in [-0.25, -0.2) is 0 Å². The van der Waals surface area contributed by atoms with E-state index in [1.54, 1.807) is 23.9 Å². The average molecular weight is 265 g/mol. The lowest BCUT2D eigenvalue weighted by molar-refractivity contribution is 0.475. The highest BCUT2D eigenvalue weighted by molar-refractivity contribution is 7.99. The van der Waals surface area contributed by atoms with Crippen molar-refractivity contribution in [2.24, 2.45) is 0 Å². The Labute approximate surface area is 110 Å². The first-order valence-electron chi connectivity index (χ1n) is 5.44. The van der Waals surface area contributed by atoms with Gasteiger partial charge in [-0.2, -0.15) is 0 Å². The van der Waals surface area contributed by atoms with Crippen molar-refractivity contribution in [3.8, 4) is 5.75 Å². The maximum Gasteiger partial charge on any atom is 0.115 e. The molecule has 0 heterocycles. The summed E-state index contributed by atoms with van der Waals surface area (Å²) < 4.78 is 0. The van der Waals surface area contributed by atoms with Crippen molar-refractivity contribution >= 4 is 23.4 Å². The molecule has 0 fully saturated rings. The Hall–Kier alpha value is -1.12. The van der Waals surface area contributed by atoms with Crippen molar-refractivity contribution in [2.75, 3.05) is 0 Å². The molecule has 0 aromatic heterocycles. The summed E-state index contributed by atoms with van der Waals surface area (Å²) in [5.74, 6) is 0.293. The molecule has 0 atom stereocenters. The number of aromatic hydroxyl groups is 1. The summed E-state index contributed by atoms with van der Waals surface area (Å²) in [4.78, 5) is 2.32. The van der Waals surface area contributed by atoms with Crippen molar-refractivity contribution < 1.29 is 5.11 Å². The van der Waals surface area contributed by atoms with Gasteiger partial charge in [0.2, 0.25) is 0 Å². The summed E-state index contributed by atoms with van der Waals surface area (Å²) in [7, 11) is 0. The number of aryl methyl sites for hydroxylation is 1. The lowest BCUT2D eigenvalue weighted by atomic mass is 10.2. The Morgan fingerprint density at radius 3 is 2.47 bits per heavy atom. The van der Waals surface area contributed by atoms with Crippen molar-refractivity contribution in [1.82, 2.24) is 0 Å². The van der Waals surface area contributed by atoms with Gasteiger partial charge in [0, 0.05) is 14.8 Å². The second-order valence-electron chi connectivity index (χ2n) is 3.70. The van der Waals surface area contributed by atoms with Gasteiger partial charge in [0.25, 0.3) is 0 Å². The van der Waals surface area contributed by atoms with Crippen molar-refractivity contribution in [1.29, 1.82) is 0 Å². The van der Waals surface area contributed by atoms with Crippen LogP contribution >= 0.6 is 23.4 Å². The first kappa shape index (κ1) is 12.3. The first-order valence-corrected chi connectivity index (χ1v) is 6.64. The molecule has 2 aromatic carbocycles. The summed E-state index contributed by atoms with van der Waals surface area (Å²) in [6, 6.07) is 13.2. The highest BCUT2D eigenvalue weighted by atomic mass is 35.5. The zero-order chi connectivity index (χ0) is 12.3. The van der Waals surface area contributed by atoms with E-state index in [0.717, 1.165) is 16.3 Å². The van der Waals surface area contributed by atoms with Crippen LogP contribution in [-0.2, 0) is 6.42 Å². The van der Waals surface area contributed by atoms with Crippen LogP contribution in [0.1, 0.15) is 12.5 Å². The normalized spacial score (nSPS) is 10.5. The van der Waals surface area contributed by atoms with Gasteiger partial charge in [-0.1, -0.05) is 30.3 Å². The highest BCUT2D eigenvalue weighted by Gasteiger charge is 2.04. The van der Waals surface area contributed by atoms with Crippen LogP contribution in [-0.4, -0.2) is 5.11 Å². The zero-order valence-electron chi connectivity index (χ0n) is 9.48. The van der Waals surface area contributed by atoms with E-state index in [-0.39, 0.29) is 0 Å². The quantitative estimate of drug-likeness (QED) is 0.863. The number of rotatable bonds is 3. The smallest absolute Gasteiger partial charge is 0.115 e. The molecule has 2 rings (SSSR count). The molecule has 0 unspecified atom stereocenters. The predicted octanol–water partition coefficient (Wildman–Crippen LogP) is 4.76. The van der Waals surface area contributed by atoms with Gasteiger partial charge in [-0.05, 0) is 54.4 Å². The van der Waals surface area contributed by atoms with Gasteiger partial charge in [0.15, 0.2) is 0 Å². The van der Waals surface area contributed by atoms with Gasteiger partial charge >= 0.3 is 0 Å². The molecule has 0 bridgehead atoms. The standard InChI is InChI=1S/C14H13ClOS/c1-2-10-9-11(15)3-8-14(10)17-13-6-4-12(16)5-7-13/h3-9,16H,2H2,1H3. The number of hydrogen-bond donors (Lipinski definition) is 1. The number of halogens is 1. The monoisotopic (exact) mass is 264 g/mol. The fraction of sp³-hybridized carbons (Fsp3) is 0.143. The molecule has 0 amide bonds. The largest absolute Gasteiger partial charge is 0.508 e. The Morgan fingerprint density at radius 1 is 1.12 bits per heavy atom. The number of phenolic OH excluding ortho intramolecular Hbond substituents is 1. The summed E-state index contributed by atoms with van der Waals surface area (Å²) >= 11 is 7.66. The van der Waals surface area contributed by atoms with E-state index in [1.165, 1.54) is 10.5 Å². The third-order valence-electron chi connectivity index (χ3n) is 2.47. The fourth-order valence-corrected chi connectivity index (χ4v) is 2.76. The van der Waals surface area contributed by atoms with Crippen LogP contribution in [0.4, 0.5) is 0 Å². The summed E-state index contributed by atoms with van der Waals surface area (Å²) in [5.41, 5.74) is 1.25. The van der Waals surface area contributed by atoms with Crippen LogP contribution in [0.25, 0.3) is 0 Å². The average Bonchev–Trinajstić information content (AvgIpc) is 2.34. The Balaban J connectivity index is 2.26. The van der Waals surface area contributed by atoms with E-state index in [9.17, 15) is 5.11 Å². The van der Waals surface area contributed by atoms with E-state index in [0.29, 0.717) is 5.75 Å². The maximum atomic E-state index is 9.23. The second-order valence-corrected chi connectivity index (χ2v) is 5.25. The minimum atomic E-state index is 0.293. The number of hydrogen-bond acceptors (Lipinski definition) is 2. The van der Waals surface area contributed by atoms with Gasteiger partial charge in [-0.15, -0.1) is 0 Å². The molecule has 2 aromatic rings. The summed E-state index contributed by atoms with van der Waals surface area (Å²) in [6.45, 7) is 2.12. The molecule has 0 aliphatic carbocycles. The summed E-state index contributed by atoms with van der Waals surface area (Å²) in [6.07, 6.45) is 0.959. The molecule has 3 heteroatoms. The molecule has 0 spiro atoms. The SMILES string of the molecule is CCc1cc(Cl)ccc1Sc1ccc(O)cc1. The molecular weight excluding hydrogens is 252 g/mol. The van der Waals surface area contributed by atoms with Gasteiger partial charge in [-0.3, -0.25) is 0 Å². The highest BCUT2D eigenvalue weighted by Crippen LogP contribution is 2.32. The maximum absolute atomic E-state index is 9.23. The summed E-state index contributed by atoms with van der Waals surface area (Å²) in [5, 5.41) is 10.0. The van der Waals surface area contributed by atoms with Crippen molar-refractivity contribution in [3.63, 3.8) is 0 Å². The molecule has 17 heavy (non-hydrogen) atoms. The molecule has 1 N–H and O–H groups in total. The second kappa shape index (κ2) is 5.48. The van der Waals surface area contributed by atoms with Crippen molar-refractivity contribution in [2.45, 2.75) is 23.1 Å². The third-order valence-corrected chi connectivity index (χ3v) is 3.83. The van der Waals surface area contributed by atoms with Crippen LogP contribution in [0.3, 0.4) is 0 Å². The third kappa shape index (κ3) is 3.18. The van der Waals surface area contributed by atoms with Crippen LogP contribution in [0.2, 0.25) is 5.02 Å². The lowest BCUT2D eigenvalue weighted by Crippen LogP contribution is -1.85. The fourth-order valence-electron chi connectivity index (χ4n) is 1.57. The minimum absolute atomic E-state index is 0.293. The van der Waals surface area contributed by atoms with Crippen molar-refractivity contribution in [3.05, 3.63) is 53.1 Å². The number of phenols is 1. The van der Waals surface area contributed by atoms with E-state index >= 15 is 0 Å². The molecule has 0 aliphatic rings. The first-order chi connectivity index (χ1) is 8.19. The Bertz CT molecular complexity index is 508. The van der Waals surface area contributed by atoms with Gasteiger partial charge < -0.3 is 5.11 Å². The van der Waals surface area contributed by atoms with Gasteiger partial charge in [0.1, 0.15) is 5.75 Å². The van der Waals surface area contributed by atoms with Crippen LogP contribution < -0.4 is 0 Å². The van der Waals surface area contributed by atoms with Crippen LogP contribution in [0.5, 0.6) is 5.75 Å². The van der Waals surface area contributed by atoms with E-state index in [2.05, 4.69) is 6.92 Å².